The predicted molar refractivity (Wildman–Crippen MR) is 165 cm³/mol. The third-order valence-corrected chi connectivity index (χ3v) is 9.46. The van der Waals surface area contributed by atoms with Crippen LogP contribution < -0.4 is 16.4 Å². The van der Waals surface area contributed by atoms with Crippen LogP contribution >= 0.6 is 11.6 Å². The standard InChI is InChI=1S/C31H29ClN6O3S/c32-27-18-34-31(36-23-8-6-7-22(17-23)35-30(39)20-13-15-21(33)16-14-20)37-29(27)26-19-38(28-12-5-4-11-25(26)28)42(40,41)24-9-2-1-3-10-24/h1-5,9-16,18-19,22-23H,6-8,17,33H2,(H,35,39)(H,34,36,37)/t22-,23+/m0/s1. The van der Waals surface area contributed by atoms with Gasteiger partial charge in [0, 0.05) is 40.5 Å². The summed E-state index contributed by atoms with van der Waals surface area (Å²) in [5.74, 6) is 0.250. The van der Waals surface area contributed by atoms with E-state index in [0.29, 0.717) is 50.8 Å². The molecule has 2 atom stereocenters. The smallest absolute Gasteiger partial charge is 0.268 e. The normalized spacial score (nSPS) is 17.2. The molecule has 1 aliphatic carbocycles. The quantitative estimate of drug-likeness (QED) is 0.203. The molecule has 1 aliphatic rings. The number of nitrogens with zero attached hydrogens (tertiary/aromatic N) is 3. The van der Waals surface area contributed by atoms with Gasteiger partial charge in [-0.25, -0.2) is 22.4 Å². The molecule has 6 rings (SSSR count). The van der Waals surface area contributed by atoms with Crippen molar-refractivity contribution in [2.75, 3.05) is 11.1 Å². The molecule has 0 unspecified atom stereocenters. The number of anilines is 2. The number of amides is 1. The molecule has 0 aliphatic heterocycles. The Balaban J connectivity index is 1.25. The van der Waals surface area contributed by atoms with Gasteiger partial charge in [-0.05, 0) is 68.1 Å². The lowest BCUT2D eigenvalue weighted by Crippen LogP contribution is -2.42. The van der Waals surface area contributed by atoms with E-state index in [0.717, 1.165) is 19.3 Å². The molecule has 1 fully saturated rings. The average Bonchev–Trinajstić information content (AvgIpc) is 3.39. The van der Waals surface area contributed by atoms with Gasteiger partial charge in [-0.3, -0.25) is 4.79 Å². The molecule has 11 heteroatoms. The molecule has 1 saturated carbocycles. The Hall–Kier alpha value is -4.41. The van der Waals surface area contributed by atoms with Gasteiger partial charge < -0.3 is 16.4 Å². The number of para-hydroxylation sites is 1. The van der Waals surface area contributed by atoms with Gasteiger partial charge in [-0.15, -0.1) is 0 Å². The second kappa shape index (κ2) is 11.5. The van der Waals surface area contributed by atoms with E-state index in [1.165, 1.54) is 10.2 Å². The molecule has 4 N–H and O–H groups in total. The molecular weight excluding hydrogens is 572 g/mol. The summed E-state index contributed by atoms with van der Waals surface area (Å²) in [6.45, 7) is 0. The van der Waals surface area contributed by atoms with Crippen LogP contribution in [0.3, 0.4) is 0 Å². The minimum absolute atomic E-state index is 0.00533. The SMILES string of the molecule is Nc1ccc(C(=O)N[C@H]2CCC[C@@H](Nc3ncc(Cl)c(-c4cn(S(=O)(=O)c5ccccc5)c5ccccc45)n3)C2)cc1. The van der Waals surface area contributed by atoms with Crippen LogP contribution in [0.15, 0.2) is 96.2 Å². The van der Waals surface area contributed by atoms with Crippen LogP contribution in [0.4, 0.5) is 11.6 Å². The Labute approximate surface area is 248 Å². The minimum atomic E-state index is -3.86. The Morgan fingerprint density at radius 3 is 2.45 bits per heavy atom. The van der Waals surface area contributed by atoms with E-state index >= 15 is 0 Å². The Morgan fingerprint density at radius 2 is 1.67 bits per heavy atom. The topological polar surface area (TPSA) is 132 Å². The number of hydrogen-bond donors (Lipinski definition) is 3. The van der Waals surface area contributed by atoms with E-state index in [1.807, 2.05) is 12.1 Å². The van der Waals surface area contributed by atoms with Crippen molar-refractivity contribution in [3.8, 4) is 11.3 Å². The number of halogens is 1. The first kappa shape index (κ1) is 27.7. The molecule has 42 heavy (non-hydrogen) atoms. The van der Waals surface area contributed by atoms with Gasteiger partial charge in [0.15, 0.2) is 0 Å². The van der Waals surface area contributed by atoms with Crippen molar-refractivity contribution in [2.45, 2.75) is 42.7 Å². The maximum absolute atomic E-state index is 13.6. The first-order valence-corrected chi connectivity index (χ1v) is 15.5. The first-order valence-electron chi connectivity index (χ1n) is 13.7. The summed E-state index contributed by atoms with van der Waals surface area (Å²) in [6.07, 6.45) is 6.49. The molecule has 0 bridgehead atoms. The molecular formula is C31H29ClN6O3S. The number of carbonyl (C=O) groups excluding carboxylic acids is 1. The van der Waals surface area contributed by atoms with Gasteiger partial charge in [0.1, 0.15) is 0 Å². The second-order valence-corrected chi connectivity index (χ2v) is 12.6. The van der Waals surface area contributed by atoms with Crippen LogP contribution in [0.2, 0.25) is 5.02 Å². The molecule has 9 nitrogen and oxygen atoms in total. The fourth-order valence-electron chi connectivity index (χ4n) is 5.41. The summed E-state index contributed by atoms with van der Waals surface area (Å²) in [7, 11) is -3.86. The fraction of sp³-hybridized carbons (Fsp3) is 0.194. The van der Waals surface area contributed by atoms with Crippen LogP contribution in [0.5, 0.6) is 0 Å². The maximum atomic E-state index is 13.6. The van der Waals surface area contributed by atoms with E-state index in [9.17, 15) is 13.2 Å². The molecule has 1 amide bonds. The number of nitrogens with one attached hydrogen (secondary N) is 2. The number of fused-ring (bicyclic) bond motifs is 1. The van der Waals surface area contributed by atoms with Gasteiger partial charge in [0.25, 0.3) is 15.9 Å². The zero-order chi connectivity index (χ0) is 29.3. The summed E-state index contributed by atoms with van der Waals surface area (Å²) < 4.78 is 28.4. The highest BCUT2D eigenvalue weighted by molar-refractivity contribution is 7.90. The van der Waals surface area contributed by atoms with Gasteiger partial charge in [0.2, 0.25) is 5.95 Å². The van der Waals surface area contributed by atoms with E-state index < -0.39 is 10.0 Å². The van der Waals surface area contributed by atoms with E-state index in [2.05, 4.69) is 15.6 Å². The minimum Gasteiger partial charge on any atom is -0.399 e. The van der Waals surface area contributed by atoms with E-state index in [-0.39, 0.29) is 22.9 Å². The molecule has 2 heterocycles. The van der Waals surface area contributed by atoms with E-state index in [4.69, 9.17) is 22.3 Å². The highest BCUT2D eigenvalue weighted by Crippen LogP contribution is 2.36. The molecule has 0 radical (unpaired) electrons. The number of benzene rings is 3. The third-order valence-electron chi connectivity index (χ3n) is 7.49. The maximum Gasteiger partial charge on any atom is 0.268 e. The van der Waals surface area contributed by atoms with Crippen molar-refractivity contribution < 1.29 is 13.2 Å². The summed E-state index contributed by atoms with van der Waals surface area (Å²) in [4.78, 5) is 22.1. The lowest BCUT2D eigenvalue weighted by atomic mass is 9.91. The first-order chi connectivity index (χ1) is 20.3. The molecule has 0 saturated heterocycles. The lowest BCUT2D eigenvalue weighted by Gasteiger charge is -2.30. The van der Waals surface area contributed by atoms with Gasteiger partial charge in [-0.2, -0.15) is 0 Å². The van der Waals surface area contributed by atoms with Crippen molar-refractivity contribution >= 4 is 50.1 Å². The summed E-state index contributed by atoms with van der Waals surface area (Å²) in [5, 5.41) is 7.54. The van der Waals surface area contributed by atoms with E-state index in [1.54, 1.807) is 72.9 Å². The highest BCUT2D eigenvalue weighted by Gasteiger charge is 2.26. The van der Waals surface area contributed by atoms with Crippen LogP contribution in [-0.4, -0.2) is 40.3 Å². The number of nitrogen functional groups attached to an aromatic ring is 1. The van der Waals surface area contributed by atoms with Crippen LogP contribution in [0.25, 0.3) is 22.2 Å². The highest BCUT2D eigenvalue weighted by atomic mass is 35.5. The van der Waals surface area contributed by atoms with Crippen molar-refractivity contribution in [1.29, 1.82) is 0 Å². The number of carbonyl (C=O) groups is 1. The molecule has 0 spiro atoms. The number of rotatable bonds is 7. The fourth-order valence-corrected chi connectivity index (χ4v) is 6.99. The molecule has 214 valence electrons. The largest absolute Gasteiger partial charge is 0.399 e. The van der Waals surface area contributed by atoms with Gasteiger partial charge in [0.05, 0.1) is 27.3 Å². The number of aromatic nitrogens is 3. The van der Waals surface area contributed by atoms with Crippen LogP contribution in [-0.2, 0) is 10.0 Å². The van der Waals surface area contributed by atoms with Crippen molar-refractivity contribution in [1.82, 2.24) is 19.3 Å². The lowest BCUT2D eigenvalue weighted by molar-refractivity contribution is 0.0926. The Morgan fingerprint density at radius 1 is 0.952 bits per heavy atom. The number of nitrogens with two attached hydrogens (primary N) is 1. The monoisotopic (exact) mass is 600 g/mol. The van der Waals surface area contributed by atoms with Crippen LogP contribution in [0.1, 0.15) is 36.0 Å². The Kier molecular flexibility index (Phi) is 7.57. The van der Waals surface area contributed by atoms with Gasteiger partial charge >= 0.3 is 0 Å². The summed E-state index contributed by atoms with van der Waals surface area (Å²) in [5.41, 5.74) is 8.45. The Bertz CT molecular complexity index is 1860. The number of hydrogen-bond acceptors (Lipinski definition) is 7. The van der Waals surface area contributed by atoms with Crippen molar-refractivity contribution in [3.05, 3.63) is 102 Å². The van der Waals surface area contributed by atoms with Crippen molar-refractivity contribution in [2.24, 2.45) is 0 Å². The molecule has 2 aromatic heterocycles. The average molecular weight is 601 g/mol. The van der Waals surface area contributed by atoms with Crippen LogP contribution in [0, 0.1) is 0 Å². The molecule has 3 aromatic carbocycles. The summed E-state index contributed by atoms with van der Waals surface area (Å²) >= 11 is 6.60. The van der Waals surface area contributed by atoms with Crippen molar-refractivity contribution in [3.63, 3.8) is 0 Å². The second-order valence-electron chi connectivity index (χ2n) is 10.4. The zero-order valence-corrected chi connectivity index (χ0v) is 24.1. The van der Waals surface area contributed by atoms with Gasteiger partial charge in [-0.1, -0.05) is 48.0 Å². The summed E-state index contributed by atoms with van der Waals surface area (Å²) in [6, 6.07) is 22.4. The zero-order valence-electron chi connectivity index (χ0n) is 22.6. The molecule has 5 aromatic rings. The predicted octanol–water partition coefficient (Wildman–Crippen LogP) is 5.72. The third kappa shape index (κ3) is 5.55.